The molecule has 6 atom stereocenters. The van der Waals surface area contributed by atoms with Crippen LogP contribution in [0.25, 0.3) is 0 Å². The van der Waals surface area contributed by atoms with Crippen molar-refractivity contribution in [1.82, 2.24) is 0 Å². The van der Waals surface area contributed by atoms with Gasteiger partial charge in [0.15, 0.2) is 5.78 Å². The van der Waals surface area contributed by atoms with Gasteiger partial charge in [-0.2, -0.15) is 0 Å². The van der Waals surface area contributed by atoms with Crippen LogP contribution in [0, 0.1) is 28.6 Å². The molecule has 0 saturated heterocycles. The molecule has 0 unspecified atom stereocenters. The number of rotatable bonds is 0. The lowest BCUT2D eigenvalue weighted by Gasteiger charge is -2.58. The minimum atomic E-state index is -2.35. The fraction of sp³-hybridized carbons (Fsp3) is 0.750. The molecule has 0 aromatic carbocycles. The van der Waals surface area contributed by atoms with Crippen LogP contribution >= 0.6 is 11.6 Å². The van der Waals surface area contributed by atoms with Crippen LogP contribution in [0.1, 0.15) is 63.3 Å². The highest BCUT2D eigenvalue weighted by molar-refractivity contribution is 6.45. The molecule has 2 nitrogen and oxygen atoms in total. The molecule has 1 N–H and O–H groups in total. The van der Waals surface area contributed by atoms with Crippen LogP contribution in [-0.2, 0) is 4.79 Å². The van der Waals surface area contributed by atoms with Gasteiger partial charge in [0.05, 0.1) is 10.6 Å². The lowest BCUT2D eigenvalue weighted by atomic mass is 9.47. The molecule has 0 aromatic rings. The van der Waals surface area contributed by atoms with Gasteiger partial charge < -0.3 is 5.11 Å². The molecule has 0 spiro atoms. The summed E-state index contributed by atoms with van der Waals surface area (Å²) in [6.07, 6.45) is 8.02. The molecule has 0 amide bonds. The number of hydrogen-bond donors (Lipinski definition) is 1. The second kappa shape index (κ2) is 4.73. The fourth-order valence-corrected chi connectivity index (χ4v) is 6.66. The van der Waals surface area contributed by atoms with Gasteiger partial charge in [0.25, 0.3) is 0 Å². The maximum absolute atomic E-state index is 12.0. The van der Waals surface area contributed by atoms with Crippen LogP contribution in [0.4, 0.5) is 0 Å². The molecule has 0 bridgehead atoms. The summed E-state index contributed by atoms with van der Waals surface area (Å²) >= 11 is 6.37. The molecule has 4 aliphatic rings. The van der Waals surface area contributed by atoms with Crippen LogP contribution in [0.5, 0.6) is 0 Å². The zero-order valence-corrected chi connectivity index (χ0v) is 14.6. The van der Waals surface area contributed by atoms with Gasteiger partial charge in [-0.05, 0) is 80.2 Å². The summed E-state index contributed by atoms with van der Waals surface area (Å²) in [7, 11) is 0. The Morgan fingerprint density at radius 2 is 2.00 bits per heavy atom. The van der Waals surface area contributed by atoms with Crippen molar-refractivity contribution in [1.29, 1.82) is 0 Å². The standard InChI is InChI=1S/C20H27ClO2/c1-18-9-8-16(22)17(21)15(18)5-4-12-13(18)6-10-19(2)14(12)7-11-20(19,3)23/h8-9,12-14,23H,4-7,10-11H2,1-3H3/t12-,13+,14+,18-,19+,20+/m1/s1/i3D3. The summed E-state index contributed by atoms with van der Waals surface area (Å²) in [4.78, 5) is 12.0. The zero-order chi connectivity index (χ0) is 19.1. The first kappa shape index (κ1) is 12.7. The number of hydrogen-bond acceptors (Lipinski definition) is 2. The van der Waals surface area contributed by atoms with Gasteiger partial charge in [-0.15, -0.1) is 0 Å². The predicted octanol–water partition coefficient (Wildman–Crippen LogP) is 4.61. The van der Waals surface area contributed by atoms with Crippen molar-refractivity contribution in [3.8, 4) is 0 Å². The van der Waals surface area contributed by atoms with Crippen LogP contribution in [0.2, 0.25) is 0 Å². The lowest BCUT2D eigenvalue weighted by molar-refractivity contribution is -0.114. The van der Waals surface area contributed by atoms with Crippen molar-refractivity contribution in [3.63, 3.8) is 0 Å². The van der Waals surface area contributed by atoms with E-state index in [9.17, 15) is 9.90 Å². The van der Waals surface area contributed by atoms with Crippen molar-refractivity contribution in [2.75, 3.05) is 0 Å². The Morgan fingerprint density at radius 1 is 1.26 bits per heavy atom. The summed E-state index contributed by atoms with van der Waals surface area (Å²) in [5, 5.41) is 11.6. The molecule has 4 aliphatic carbocycles. The summed E-state index contributed by atoms with van der Waals surface area (Å²) in [6, 6.07) is 0. The molecular formula is C20H27ClO2. The number of fused-ring (bicyclic) bond motifs is 5. The average Bonchev–Trinajstić information content (AvgIpc) is 2.84. The Labute approximate surface area is 148 Å². The number of carbonyl (C=O) groups is 1. The molecule has 4 rings (SSSR count). The third kappa shape index (κ3) is 1.88. The van der Waals surface area contributed by atoms with E-state index < -0.39 is 17.9 Å². The fourth-order valence-electron chi connectivity index (χ4n) is 6.30. The third-order valence-electron chi connectivity index (χ3n) is 7.80. The van der Waals surface area contributed by atoms with E-state index in [0.717, 1.165) is 31.3 Å². The summed E-state index contributed by atoms with van der Waals surface area (Å²) in [6.45, 7) is 1.82. The molecule has 3 saturated carbocycles. The SMILES string of the molecule is [2H]C([2H])([2H])[C@]1(O)CC[C@H]2[C@@H]3CCC4=C(Cl)C(=O)C=C[C@]4(C)[C@H]3CC[C@@]21C. The summed E-state index contributed by atoms with van der Waals surface area (Å²) < 4.78 is 23.8. The molecule has 0 heterocycles. The van der Waals surface area contributed by atoms with Crippen molar-refractivity contribution in [2.45, 2.75) is 64.8 Å². The van der Waals surface area contributed by atoms with Crippen molar-refractivity contribution >= 4 is 17.4 Å². The van der Waals surface area contributed by atoms with Crippen LogP contribution in [0.15, 0.2) is 22.8 Å². The summed E-state index contributed by atoms with van der Waals surface area (Å²) in [5.41, 5.74) is -1.34. The second-order valence-electron chi connectivity index (χ2n) is 8.54. The normalized spacial score (nSPS) is 54.7. The van der Waals surface area contributed by atoms with E-state index in [1.807, 2.05) is 13.0 Å². The van der Waals surface area contributed by atoms with Gasteiger partial charge >= 0.3 is 0 Å². The number of allylic oxidation sites excluding steroid dienone is 4. The van der Waals surface area contributed by atoms with Crippen molar-refractivity contribution in [2.24, 2.45) is 28.6 Å². The largest absolute Gasteiger partial charge is 0.390 e. The van der Waals surface area contributed by atoms with E-state index in [2.05, 4.69) is 6.92 Å². The highest BCUT2D eigenvalue weighted by Crippen LogP contribution is 2.67. The van der Waals surface area contributed by atoms with E-state index in [1.54, 1.807) is 6.08 Å². The Bertz CT molecular complexity index is 727. The van der Waals surface area contributed by atoms with E-state index in [-0.39, 0.29) is 17.1 Å². The lowest BCUT2D eigenvalue weighted by Crippen LogP contribution is -2.53. The number of ketones is 1. The molecule has 0 radical (unpaired) electrons. The van der Waals surface area contributed by atoms with E-state index in [0.29, 0.717) is 29.7 Å². The van der Waals surface area contributed by atoms with Gasteiger partial charge in [-0.25, -0.2) is 0 Å². The Morgan fingerprint density at radius 3 is 2.74 bits per heavy atom. The van der Waals surface area contributed by atoms with E-state index in [1.165, 1.54) is 0 Å². The first-order valence-electron chi connectivity index (χ1n) is 10.3. The Balaban J connectivity index is 1.73. The van der Waals surface area contributed by atoms with Gasteiger partial charge in [-0.3, -0.25) is 4.79 Å². The quantitative estimate of drug-likeness (QED) is 0.700. The van der Waals surface area contributed by atoms with Gasteiger partial charge in [0.1, 0.15) is 0 Å². The van der Waals surface area contributed by atoms with Crippen LogP contribution in [0.3, 0.4) is 0 Å². The molecule has 0 aromatic heterocycles. The highest BCUT2D eigenvalue weighted by atomic mass is 35.5. The maximum Gasteiger partial charge on any atom is 0.196 e. The predicted molar refractivity (Wildman–Crippen MR) is 92.0 cm³/mol. The monoisotopic (exact) mass is 337 g/mol. The van der Waals surface area contributed by atoms with Gasteiger partial charge in [0, 0.05) is 9.53 Å². The number of aliphatic hydroxyl groups is 1. The zero-order valence-electron chi connectivity index (χ0n) is 16.9. The topological polar surface area (TPSA) is 37.3 Å². The molecular weight excluding hydrogens is 308 g/mol. The van der Waals surface area contributed by atoms with Crippen molar-refractivity contribution in [3.05, 3.63) is 22.8 Å². The molecule has 126 valence electrons. The Hall–Kier alpha value is -0.600. The smallest absolute Gasteiger partial charge is 0.196 e. The molecule has 3 heteroatoms. The third-order valence-corrected chi connectivity index (χ3v) is 8.21. The molecule has 0 aliphatic heterocycles. The van der Waals surface area contributed by atoms with E-state index in [4.69, 9.17) is 15.7 Å². The average molecular weight is 338 g/mol. The number of halogens is 1. The minimum Gasteiger partial charge on any atom is -0.390 e. The van der Waals surface area contributed by atoms with E-state index >= 15 is 0 Å². The Kier molecular flexibility index (Phi) is 2.61. The first-order valence-corrected chi connectivity index (χ1v) is 9.18. The minimum absolute atomic E-state index is 0.101. The first-order chi connectivity index (χ1) is 12.0. The van der Waals surface area contributed by atoms with Crippen LogP contribution in [-0.4, -0.2) is 16.5 Å². The molecule has 3 fully saturated rings. The molecule has 23 heavy (non-hydrogen) atoms. The van der Waals surface area contributed by atoms with Gasteiger partial charge in [0.2, 0.25) is 0 Å². The number of carbonyl (C=O) groups excluding carboxylic acids is 1. The summed E-state index contributed by atoms with van der Waals surface area (Å²) in [5.74, 6) is 0.813. The van der Waals surface area contributed by atoms with Crippen molar-refractivity contribution < 1.29 is 14.0 Å². The maximum atomic E-state index is 12.0. The second-order valence-corrected chi connectivity index (χ2v) is 8.92. The van der Waals surface area contributed by atoms with Gasteiger partial charge in [-0.1, -0.05) is 31.5 Å². The van der Waals surface area contributed by atoms with Crippen LogP contribution < -0.4 is 0 Å². The highest BCUT2D eigenvalue weighted by Gasteiger charge is 2.62.